The Labute approximate surface area is 130 Å². The lowest BCUT2D eigenvalue weighted by molar-refractivity contribution is -0.00000414. The number of nitrogens with zero attached hydrogens (tertiary/aromatic N) is 2. The molecule has 0 atom stereocenters. The van der Waals surface area contributed by atoms with Gasteiger partial charge >= 0.3 is 0 Å². The maximum absolute atomic E-state index is 5.14. The Balaban J connectivity index is 0.00000147. The monoisotopic (exact) mass is 348 g/mol. The van der Waals surface area contributed by atoms with Crippen LogP contribution in [-0.4, -0.2) is 11.2 Å². The van der Waals surface area contributed by atoms with E-state index in [1.807, 2.05) is 47.8 Å². The molecule has 102 valence electrons. The number of aromatic nitrogens is 1. The number of rotatable bonds is 4. The topological polar surface area (TPSA) is 50.4 Å². The van der Waals surface area contributed by atoms with Crippen LogP contribution in [0.15, 0.2) is 63.6 Å². The van der Waals surface area contributed by atoms with Crippen LogP contribution in [0, 0.1) is 0 Å². The van der Waals surface area contributed by atoms with Crippen LogP contribution in [0.3, 0.4) is 0 Å². The van der Waals surface area contributed by atoms with Crippen LogP contribution in [-0.2, 0) is 0 Å². The van der Waals surface area contributed by atoms with Crippen molar-refractivity contribution < 1.29 is 21.4 Å². The highest BCUT2D eigenvalue weighted by Crippen LogP contribution is 2.24. The minimum Gasteiger partial charge on any atom is -1.00 e. The molecule has 6 heteroatoms. The van der Waals surface area contributed by atoms with E-state index < -0.39 is 0 Å². The molecule has 3 rings (SSSR count). The van der Waals surface area contributed by atoms with Crippen molar-refractivity contribution in [1.29, 1.82) is 0 Å². The van der Waals surface area contributed by atoms with E-state index in [9.17, 15) is 0 Å². The smallest absolute Gasteiger partial charge is 0.203 e. The maximum atomic E-state index is 5.14. The molecular weight excluding hydrogens is 338 g/mol. The van der Waals surface area contributed by atoms with Gasteiger partial charge in [-0.1, -0.05) is 30.3 Å². The van der Waals surface area contributed by atoms with Gasteiger partial charge in [-0.05, 0) is 12.1 Å². The van der Waals surface area contributed by atoms with Crippen LogP contribution in [0.25, 0.3) is 11.3 Å². The summed E-state index contributed by atoms with van der Waals surface area (Å²) in [6.45, 7) is 0. The average Bonchev–Trinajstić information content (AvgIpc) is 3.11. The Hall–Kier alpha value is -1.92. The first-order chi connectivity index (χ1) is 9.42. The fourth-order valence-corrected chi connectivity index (χ4v) is 2.25. The second-order valence-corrected chi connectivity index (χ2v) is 4.65. The van der Waals surface area contributed by atoms with E-state index in [2.05, 4.69) is 15.5 Å². The second kappa shape index (κ2) is 7.02. The van der Waals surface area contributed by atoms with Gasteiger partial charge in [0.1, 0.15) is 5.76 Å². The molecule has 20 heavy (non-hydrogen) atoms. The number of benzene rings is 1. The molecule has 0 spiro atoms. The lowest BCUT2D eigenvalue weighted by Crippen LogP contribution is -3.00. The van der Waals surface area contributed by atoms with E-state index in [1.165, 1.54) is 11.3 Å². The summed E-state index contributed by atoms with van der Waals surface area (Å²) >= 11 is 1.51. The Morgan fingerprint density at radius 2 is 2.00 bits per heavy atom. The van der Waals surface area contributed by atoms with Crippen molar-refractivity contribution >= 4 is 22.7 Å². The van der Waals surface area contributed by atoms with Crippen molar-refractivity contribution in [3.05, 3.63) is 59.9 Å². The van der Waals surface area contributed by atoms with Crippen LogP contribution in [0.1, 0.15) is 5.76 Å². The average molecular weight is 349 g/mol. The molecule has 0 aliphatic carbocycles. The standard InChI is InChI=1S/C14H11N3OS.BrH/c1-2-5-11(6-3-1)13-10-19-14(16-13)17-15-9-12-7-4-8-18-12;/h1-10H,(H,16,17);1H/p-1/b15-9+;. The molecule has 1 N–H and O–H groups in total. The first-order valence-corrected chi connectivity index (χ1v) is 6.63. The highest BCUT2D eigenvalue weighted by molar-refractivity contribution is 7.14. The van der Waals surface area contributed by atoms with Gasteiger partial charge in [0.05, 0.1) is 18.2 Å². The van der Waals surface area contributed by atoms with Gasteiger partial charge in [0.2, 0.25) is 5.13 Å². The Morgan fingerprint density at radius 1 is 1.15 bits per heavy atom. The second-order valence-electron chi connectivity index (χ2n) is 3.79. The number of thiazole rings is 1. The Bertz CT molecular complexity index is 665. The van der Waals surface area contributed by atoms with Crippen molar-refractivity contribution in [2.24, 2.45) is 5.10 Å². The third-order valence-corrected chi connectivity index (χ3v) is 3.22. The number of hydrogen-bond acceptors (Lipinski definition) is 5. The fourth-order valence-electron chi connectivity index (χ4n) is 1.58. The van der Waals surface area contributed by atoms with Crippen molar-refractivity contribution in [1.82, 2.24) is 4.98 Å². The summed E-state index contributed by atoms with van der Waals surface area (Å²) in [5.74, 6) is 0.701. The minimum atomic E-state index is 0. The van der Waals surface area contributed by atoms with Gasteiger partial charge in [0.15, 0.2) is 0 Å². The van der Waals surface area contributed by atoms with Gasteiger partial charge in [0.25, 0.3) is 0 Å². The van der Waals surface area contributed by atoms with Gasteiger partial charge in [-0.25, -0.2) is 4.98 Å². The normalized spacial score (nSPS) is 10.4. The van der Waals surface area contributed by atoms with Crippen LogP contribution < -0.4 is 22.4 Å². The molecule has 0 bridgehead atoms. The van der Waals surface area contributed by atoms with Gasteiger partial charge in [0, 0.05) is 10.9 Å². The third-order valence-electron chi connectivity index (χ3n) is 2.47. The van der Waals surface area contributed by atoms with E-state index in [0.29, 0.717) is 5.76 Å². The summed E-state index contributed by atoms with van der Waals surface area (Å²) in [4.78, 5) is 4.46. The van der Waals surface area contributed by atoms with Gasteiger partial charge in [-0.3, -0.25) is 5.43 Å². The summed E-state index contributed by atoms with van der Waals surface area (Å²) in [7, 11) is 0. The molecule has 1 aromatic carbocycles. The molecule has 0 radical (unpaired) electrons. The molecule has 0 fully saturated rings. The maximum Gasteiger partial charge on any atom is 0.203 e. The quantitative estimate of drug-likeness (QED) is 0.561. The highest BCUT2D eigenvalue weighted by Gasteiger charge is 2.02. The Kier molecular flexibility index (Phi) is 5.09. The molecular formula is C14H11BrN3OS-. The Morgan fingerprint density at radius 3 is 2.75 bits per heavy atom. The molecule has 4 nitrogen and oxygen atoms in total. The zero-order valence-electron chi connectivity index (χ0n) is 10.4. The molecule has 2 heterocycles. The number of hydrazone groups is 1. The van der Waals surface area contributed by atoms with Crippen LogP contribution in [0.5, 0.6) is 0 Å². The molecule has 3 aromatic rings. The highest BCUT2D eigenvalue weighted by atomic mass is 79.9. The fraction of sp³-hybridized carbons (Fsp3) is 0. The number of hydrogen-bond donors (Lipinski definition) is 1. The summed E-state index contributed by atoms with van der Waals surface area (Å²) in [5, 5.41) is 6.82. The summed E-state index contributed by atoms with van der Waals surface area (Å²) in [5.41, 5.74) is 4.93. The number of halogens is 1. The molecule has 0 amide bonds. The van der Waals surface area contributed by atoms with Gasteiger partial charge in [-0.15, -0.1) is 11.3 Å². The van der Waals surface area contributed by atoms with Crippen LogP contribution >= 0.6 is 11.3 Å². The molecule has 0 aliphatic heterocycles. The number of nitrogens with one attached hydrogen (secondary N) is 1. The summed E-state index contributed by atoms with van der Waals surface area (Å²) in [6, 6.07) is 13.7. The summed E-state index contributed by atoms with van der Waals surface area (Å²) < 4.78 is 5.14. The van der Waals surface area contributed by atoms with Gasteiger partial charge < -0.3 is 21.4 Å². The predicted molar refractivity (Wildman–Crippen MR) is 77.5 cm³/mol. The zero-order chi connectivity index (χ0) is 12.9. The number of furan rings is 1. The van der Waals surface area contributed by atoms with Crippen molar-refractivity contribution in [2.75, 3.05) is 5.43 Å². The largest absolute Gasteiger partial charge is 1.00 e. The summed E-state index contributed by atoms with van der Waals surface area (Å²) in [6.07, 6.45) is 3.22. The molecule has 0 aliphatic rings. The molecule has 2 aromatic heterocycles. The van der Waals surface area contributed by atoms with E-state index in [-0.39, 0.29) is 17.0 Å². The van der Waals surface area contributed by atoms with Crippen molar-refractivity contribution in [3.63, 3.8) is 0 Å². The lowest BCUT2D eigenvalue weighted by Gasteiger charge is -1.94. The van der Waals surface area contributed by atoms with E-state index >= 15 is 0 Å². The predicted octanol–water partition coefficient (Wildman–Crippen LogP) is 0.853. The molecule has 0 unspecified atom stereocenters. The van der Waals surface area contributed by atoms with Crippen molar-refractivity contribution in [3.8, 4) is 11.3 Å². The van der Waals surface area contributed by atoms with E-state index in [1.54, 1.807) is 12.5 Å². The first kappa shape index (κ1) is 14.5. The molecule has 0 saturated heterocycles. The van der Waals surface area contributed by atoms with Gasteiger partial charge in [-0.2, -0.15) is 5.10 Å². The van der Waals surface area contributed by atoms with Crippen LogP contribution in [0.2, 0.25) is 0 Å². The first-order valence-electron chi connectivity index (χ1n) is 5.75. The lowest BCUT2D eigenvalue weighted by atomic mass is 10.2. The molecule has 0 saturated carbocycles. The minimum absolute atomic E-state index is 0. The number of anilines is 1. The van der Waals surface area contributed by atoms with Crippen molar-refractivity contribution in [2.45, 2.75) is 0 Å². The van der Waals surface area contributed by atoms with Crippen LogP contribution in [0.4, 0.5) is 5.13 Å². The third kappa shape index (κ3) is 3.55. The zero-order valence-corrected chi connectivity index (χ0v) is 12.8. The van der Waals surface area contributed by atoms with E-state index in [4.69, 9.17) is 4.42 Å². The SMILES string of the molecule is C(=N\Nc1nc(-c2ccccc2)cs1)/c1ccco1.[Br-]. The van der Waals surface area contributed by atoms with E-state index in [0.717, 1.165) is 16.4 Å².